The van der Waals surface area contributed by atoms with Gasteiger partial charge in [0, 0.05) is 22.7 Å². The van der Waals surface area contributed by atoms with Crippen molar-refractivity contribution in [1.29, 1.82) is 0 Å². The summed E-state index contributed by atoms with van der Waals surface area (Å²) in [5.74, 6) is 1.38. The van der Waals surface area contributed by atoms with Gasteiger partial charge in [0.25, 0.3) is 5.56 Å². The van der Waals surface area contributed by atoms with E-state index in [4.69, 9.17) is 4.74 Å². The minimum absolute atomic E-state index is 0.146. The van der Waals surface area contributed by atoms with E-state index in [-0.39, 0.29) is 5.56 Å². The van der Waals surface area contributed by atoms with E-state index in [9.17, 15) is 4.79 Å². The molecule has 0 aliphatic heterocycles. The number of rotatable bonds is 2. The van der Waals surface area contributed by atoms with Crippen LogP contribution in [0.3, 0.4) is 0 Å². The number of aryl methyl sites for hydroxylation is 1. The van der Waals surface area contributed by atoms with Gasteiger partial charge in [0.05, 0.1) is 7.11 Å². The highest BCUT2D eigenvalue weighted by Crippen LogP contribution is 2.32. The molecule has 0 amide bonds. The van der Waals surface area contributed by atoms with Crippen LogP contribution in [0.4, 0.5) is 0 Å². The maximum atomic E-state index is 11.6. The minimum Gasteiger partial charge on any atom is -0.496 e. The number of hydrogen-bond donors (Lipinski definition) is 1. The standard InChI is InChI=1S/C16H14N2O2/c1-10-9-15(19)18-16(17-10)13-7-8-14(20-2)12-6-4-3-5-11(12)13/h3-9H,1-2H3,(H,17,18,19). The number of methoxy groups -OCH3 is 1. The van der Waals surface area contributed by atoms with E-state index in [2.05, 4.69) is 9.97 Å². The van der Waals surface area contributed by atoms with E-state index >= 15 is 0 Å². The van der Waals surface area contributed by atoms with Crippen LogP contribution in [-0.2, 0) is 0 Å². The van der Waals surface area contributed by atoms with Crippen LogP contribution < -0.4 is 10.3 Å². The average Bonchev–Trinajstić information content (AvgIpc) is 2.45. The number of nitrogens with one attached hydrogen (secondary N) is 1. The van der Waals surface area contributed by atoms with Crippen molar-refractivity contribution in [3.05, 3.63) is 58.5 Å². The van der Waals surface area contributed by atoms with Gasteiger partial charge < -0.3 is 9.72 Å². The molecule has 0 atom stereocenters. The lowest BCUT2D eigenvalue weighted by atomic mass is 10.0. The lowest BCUT2D eigenvalue weighted by molar-refractivity contribution is 0.420. The van der Waals surface area contributed by atoms with Crippen LogP contribution in [-0.4, -0.2) is 17.1 Å². The Bertz CT molecular complexity index is 837. The highest BCUT2D eigenvalue weighted by Gasteiger charge is 2.09. The Morgan fingerprint density at radius 2 is 1.85 bits per heavy atom. The highest BCUT2D eigenvalue weighted by molar-refractivity contribution is 5.98. The topological polar surface area (TPSA) is 55.0 Å². The number of aromatic nitrogens is 2. The smallest absolute Gasteiger partial charge is 0.251 e. The van der Waals surface area contributed by atoms with E-state index in [0.29, 0.717) is 11.5 Å². The summed E-state index contributed by atoms with van der Waals surface area (Å²) >= 11 is 0. The first-order chi connectivity index (χ1) is 9.69. The van der Waals surface area contributed by atoms with E-state index in [1.165, 1.54) is 6.07 Å². The number of ether oxygens (including phenoxy) is 1. The molecule has 0 aliphatic rings. The number of H-pyrrole nitrogens is 1. The molecule has 1 heterocycles. The van der Waals surface area contributed by atoms with Gasteiger partial charge in [0.2, 0.25) is 0 Å². The van der Waals surface area contributed by atoms with Gasteiger partial charge in [-0.1, -0.05) is 24.3 Å². The molecule has 0 radical (unpaired) electrons. The van der Waals surface area contributed by atoms with E-state index in [1.807, 2.05) is 43.3 Å². The Hall–Kier alpha value is -2.62. The van der Waals surface area contributed by atoms with Crippen molar-refractivity contribution in [2.45, 2.75) is 6.92 Å². The predicted octanol–water partition coefficient (Wildman–Crippen LogP) is 2.91. The first-order valence-electron chi connectivity index (χ1n) is 6.33. The minimum atomic E-state index is -0.146. The maximum absolute atomic E-state index is 11.6. The number of hydrogen-bond acceptors (Lipinski definition) is 3. The monoisotopic (exact) mass is 266 g/mol. The fourth-order valence-corrected chi connectivity index (χ4v) is 2.36. The van der Waals surface area contributed by atoms with Crippen LogP contribution in [0.2, 0.25) is 0 Å². The molecular formula is C16H14N2O2. The zero-order valence-corrected chi connectivity index (χ0v) is 11.3. The summed E-state index contributed by atoms with van der Waals surface area (Å²) in [6.07, 6.45) is 0. The van der Waals surface area contributed by atoms with Gasteiger partial charge in [0.1, 0.15) is 11.6 Å². The number of benzene rings is 2. The molecular weight excluding hydrogens is 252 g/mol. The van der Waals surface area contributed by atoms with Crippen LogP contribution in [0.25, 0.3) is 22.2 Å². The van der Waals surface area contributed by atoms with Gasteiger partial charge in [-0.2, -0.15) is 0 Å². The maximum Gasteiger partial charge on any atom is 0.251 e. The summed E-state index contributed by atoms with van der Waals surface area (Å²) < 4.78 is 5.37. The average molecular weight is 266 g/mol. The number of aromatic amines is 1. The van der Waals surface area contributed by atoms with Gasteiger partial charge in [0.15, 0.2) is 0 Å². The lowest BCUT2D eigenvalue weighted by Crippen LogP contribution is -2.08. The predicted molar refractivity (Wildman–Crippen MR) is 79.1 cm³/mol. The van der Waals surface area contributed by atoms with Crippen molar-refractivity contribution in [2.75, 3.05) is 7.11 Å². The molecule has 20 heavy (non-hydrogen) atoms. The Balaban J connectivity index is 2.34. The van der Waals surface area contributed by atoms with Crippen LogP contribution in [0.15, 0.2) is 47.3 Å². The summed E-state index contributed by atoms with van der Waals surface area (Å²) in [5.41, 5.74) is 1.44. The van der Waals surface area contributed by atoms with Crippen molar-refractivity contribution >= 4 is 10.8 Å². The third-order valence-electron chi connectivity index (χ3n) is 3.23. The van der Waals surface area contributed by atoms with Crippen LogP contribution in [0, 0.1) is 6.92 Å². The third kappa shape index (κ3) is 2.05. The van der Waals surface area contributed by atoms with Crippen molar-refractivity contribution in [3.8, 4) is 17.1 Å². The second kappa shape index (κ2) is 4.81. The van der Waals surface area contributed by atoms with Crippen molar-refractivity contribution < 1.29 is 4.74 Å². The van der Waals surface area contributed by atoms with Crippen molar-refractivity contribution in [3.63, 3.8) is 0 Å². The van der Waals surface area contributed by atoms with Gasteiger partial charge in [-0.05, 0) is 24.4 Å². The molecule has 0 fully saturated rings. The zero-order valence-electron chi connectivity index (χ0n) is 11.3. The molecule has 1 aromatic heterocycles. The Kier molecular flexibility index (Phi) is 2.99. The van der Waals surface area contributed by atoms with Gasteiger partial charge in [-0.15, -0.1) is 0 Å². The third-order valence-corrected chi connectivity index (χ3v) is 3.23. The molecule has 2 aromatic carbocycles. The first-order valence-corrected chi connectivity index (χ1v) is 6.33. The fourth-order valence-electron chi connectivity index (χ4n) is 2.36. The normalized spacial score (nSPS) is 10.7. The molecule has 0 aliphatic carbocycles. The quantitative estimate of drug-likeness (QED) is 0.776. The van der Waals surface area contributed by atoms with Crippen LogP contribution in [0.1, 0.15) is 5.69 Å². The number of nitrogens with zero attached hydrogens (tertiary/aromatic N) is 1. The SMILES string of the molecule is COc1ccc(-c2nc(C)cc(=O)[nH]2)c2ccccc12. The van der Waals surface area contributed by atoms with Crippen molar-refractivity contribution in [2.24, 2.45) is 0 Å². The molecule has 0 saturated carbocycles. The van der Waals surface area contributed by atoms with Crippen LogP contribution >= 0.6 is 0 Å². The summed E-state index contributed by atoms with van der Waals surface area (Å²) in [6, 6.07) is 13.2. The molecule has 4 heteroatoms. The fraction of sp³-hybridized carbons (Fsp3) is 0.125. The van der Waals surface area contributed by atoms with Crippen molar-refractivity contribution in [1.82, 2.24) is 9.97 Å². The molecule has 4 nitrogen and oxygen atoms in total. The Labute approximate surface area is 116 Å². The van der Waals surface area contributed by atoms with Gasteiger partial charge >= 0.3 is 0 Å². The van der Waals surface area contributed by atoms with Gasteiger partial charge in [-0.3, -0.25) is 4.79 Å². The molecule has 0 bridgehead atoms. The Morgan fingerprint density at radius 1 is 1.10 bits per heavy atom. The number of fused-ring (bicyclic) bond motifs is 1. The van der Waals surface area contributed by atoms with Gasteiger partial charge in [-0.25, -0.2) is 4.98 Å². The summed E-state index contributed by atoms with van der Waals surface area (Å²) in [7, 11) is 1.65. The second-order valence-electron chi connectivity index (χ2n) is 4.60. The Morgan fingerprint density at radius 3 is 2.55 bits per heavy atom. The van der Waals surface area contributed by atoms with E-state index in [0.717, 1.165) is 22.1 Å². The molecule has 3 aromatic rings. The summed E-state index contributed by atoms with van der Waals surface area (Å²) in [6.45, 7) is 1.81. The summed E-state index contributed by atoms with van der Waals surface area (Å²) in [4.78, 5) is 18.8. The van der Waals surface area contributed by atoms with E-state index in [1.54, 1.807) is 7.11 Å². The molecule has 100 valence electrons. The lowest BCUT2D eigenvalue weighted by Gasteiger charge is -2.10. The summed E-state index contributed by atoms with van der Waals surface area (Å²) in [5, 5.41) is 2.00. The molecule has 1 N–H and O–H groups in total. The molecule has 3 rings (SSSR count). The molecule has 0 unspecified atom stereocenters. The zero-order chi connectivity index (χ0) is 14.1. The molecule has 0 spiro atoms. The molecule has 0 saturated heterocycles. The highest BCUT2D eigenvalue weighted by atomic mass is 16.5. The van der Waals surface area contributed by atoms with E-state index < -0.39 is 0 Å². The first kappa shape index (κ1) is 12.4. The second-order valence-corrected chi connectivity index (χ2v) is 4.60. The largest absolute Gasteiger partial charge is 0.496 e. The van der Waals surface area contributed by atoms with Crippen LogP contribution in [0.5, 0.6) is 5.75 Å².